The lowest BCUT2D eigenvalue weighted by atomic mass is 10.2. The third-order valence-corrected chi connectivity index (χ3v) is 4.50. The molecule has 4 nitrogen and oxygen atoms in total. The average molecular weight is 325 g/mol. The molecule has 0 aliphatic heterocycles. The normalized spacial score (nSPS) is 11.0. The van der Waals surface area contributed by atoms with Gasteiger partial charge < -0.3 is 10.6 Å². The molecule has 6 heteroatoms. The van der Waals surface area contributed by atoms with Crippen molar-refractivity contribution < 1.29 is 0 Å². The standard InChI is InChI=1S/C15H21ClN4S/c1-9(2)13-19-14(17-4)10(3)15(20-13)18-8-7-11-5-6-12(16)21-11/h5-6,9H,7-8H2,1-4H3,(H2,17,18,19,20). The number of rotatable bonds is 6. The summed E-state index contributed by atoms with van der Waals surface area (Å²) in [5.41, 5.74) is 1.05. The molecule has 0 spiro atoms. The second-order valence-electron chi connectivity index (χ2n) is 5.19. The first-order chi connectivity index (χ1) is 10.0. The van der Waals surface area contributed by atoms with E-state index in [1.54, 1.807) is 11.3 Å². The van der Waals surface area contributed by atoms with Crippen LogP contribution < -0.4 is 10.6 Å². The largest absolute Gasteiger partial charge is 0.373 e. The molecule has 2 rings (SSSR count). The summed E-state index contributed by atoms with van der Waals surface area (Å²) in [5, 5.41) is 6.55. The summed E-state index contributed by atoms with van der Waals surface area (Å²) < 4.78 is 0.836. The molecule has 0 amide bonds. The van der Waals surface area contributed by atoms with Crippen molar-refractivity contribution >= 4 is 34.6 Å². The van der Waals surface area contributed by atoms with Crippen LogP contribution in [-0.2, 0) is 6.42 Å². The summed E-state index contributed by atoms with van der Waals surface area (Å²) in [4.78, 5) is 10.4. The molecule has 2 aromatic heterocycles. The summed E-state index contributed by atoms with van der Waals surface area (Å²) in [5.74, 6) is 2.94. The lowest BCUT2D eigenvalue weighted by Crippen LogP contribution is -2.12. The van der Waals surface area contributed by atoms with Crippen LogP contribution >= 0.6 is 22.9 Å². The number of thiophene rings is 1. The van der Waals surface area contributed by atoms with Crippen LogP contribution in [0.4, 0.5) is 11.6 Å². The van der Waals surface area contributed by atoms with Gasteiger partial charge in [-0.05, 0) is 25.5 Å². The van der Waals surface area contributed by atoms with Crippen LogP contribution in [0.3, 0.4) is 0 Å². The third-order valence-electron chi connectivity index (χ3n) is 3.21. The Bertz CT molecular complexity index is 610. The molecule has 0 radical (unpaired) electrons. The second-order valence-corrected chi connectivity index (χ2v) is 6.99. The van der Waals surface area contributed by atoms with Gasteiger partial charge in [0.15, 0.2) is 0 Å². The predicted molar refractivity (Wildman–Crippen MR) is 91.9 cm³/mol. The van der Waals surface area contributed by atoms with Gasteiger partial charge in [0.25, 0.3) is 0 Å². The van der Waals surface area contributed by atoms with E-state index in [1.807, 2.05) is 20.0 Å². The zero-order valence-corrected chi connectivity index (χ0v) is 14.4. The Hall–Kier alpha value is -1.33. The summed E-state index contributed by atoms with van der Waals surface area (Å²) in [6.45, 7) is 7.05. The second kappa shape index (κ2) is 7.09. The molecular weight excluding hydrogens is 304 g/mol. The van der Waals surface area contributed by atoms with Crippen LogP contribution in [0, 0.1) is 6.92 Å². The maximum Gasteiger partial charge on any atom is 0.135 e. The molecule has 114 valence electrons. The van der Waals surface area contributed by atoms with Gasteiger partial charge in [0.05, 0.1) is 4.34 Å². The molecule has 0 saturated carbocycles. The van der Waals surface area contributed by atoms with E-state index in [-0.39, 0.29) is 0 Å². The van der Waals surface area contributed by atoms with Gasteiger partial charge >= 0.3 is 0 Å². The van der Waals surface area contributed by atoms with Gasteiger partial charge in [-0.15, -0.1) is 11.3 Å². The lowest BCUT2D eigenvalue weighted by Gasteiger charge is -2.15. The van der Waals surface area contributed by atoms with E-state index in [2.05, 4.69) is 40.5 Å². The minimum absolute atomic E-state index is 0.300. The quantitative estimate of drug-likeness (QED) is 0.830. The van der Waals surface area contributed by atoms with Gasteiger partial charge in [0, 0.05) is 30.0 Å². The van der Waals surface area contributed by atoms with Crippen LogP contribution in [0.2, 0.25) is 4.34 Å². The van der Waals surface area contributed by atoms with Crippen molar-refractivity contribution in [2.24, 2.45) is 0 Å². The molecule has 0 aliphatic carbocycles. The number of hydrogen-bond acceptors (Lipinski definition) is 5. The minimum atomic E-state index is 0.300. The summed E-state index contributed by atoms with van der Waals surface area (Å²) in [6.07, 6.45) is 0.937. The smallest absolute Gasteiger partial charge is 0.135 e. The predicted octanol–water partition coefficient (Wildman–Crippen LogP) is 4.32. The first-order valence-electron chi connectivity index (χ1n) is 7.05. The fourth-order valence-corrected chi connectivity index (χ4v) is 3.08. The Balaban J connectivity index is 2.09. The van der Waals surface area contributed by atoms with Crippen LogP contribution in [0.5, 0.6) is 0 Å². The van der Waals surface area contributed by atoms with Crippen LogP contribution in [-0.4, -0.2) is 23.6 Å². The Morgan fingerprint density at radius 1 is 1.24 bits per heavy atom. The number of anilines is 2. The van der Waals surface area contributed by atoms with Crippen LogP contribution in [0.15, 0.2) is 12.1 Å². The Labute approximate surface area is 135 Å². The topological polar surface area (TPSA) is 49.8 Å². The highest BCUT2D eigenvalue weighted by Crippen LogP contribution is 2.24. The van der Waals surface area contributed by atoms with Crippen LogP contribution in [0.25, 0.3) is 0 Å². The molecule has 0 bridgehead atoms. The number of nitrogens with zero attached hydrogens (tertiary/aromatic N) is 2. The Morgan fingerprint density at radius 3 is 2.52 bits per heavy atom. The van der Waals surface area contributed by atoms with E-state index in [0.717, 1.165) is 40.3 Å². The van der Waals surface area contributed by atoms with E-state index in [0.29, 0.717) is 5.92 Å². The molecule has 21 heavy (non-hydrogen) atoms. The molecular formula is C15H21ClN4S. The molecule has 0 fully saturated rings. The summed E-state index contributed by atoms with van der Waals surface area (Å²) in [7, 11) is 1.89. The van der Waals surface area contributed by atoms with Crippen molar-refractivity contribution in [1.82, 2.24) is 9.97 Å². The van der Waals surface area contributed by atoms with E-state index in [4.69, 9.17) is 11.6 Å². The maximum atomic E-state index is 5.95. The zero-order valence-electron chi connectivity index (χ0n) is 12.8. The Kier molecular flexibility index (Phi) is 5.42. The number of aromatic nitrogens is 2. The van der Waals surface area contributed by atoms with Gasteiger partial charge in [-0.25, -0.2) is 9.97 Å². The fourth-order valence-electron chi connectivity index (χ4n) is 2.00. The monoisotopic (exact) mass is 324 g/mol. The summed E-state index contributed by atoms with van der Waals surface area (Å²) in [6, 6.07) is 4.01. The molecule has 2 aromatic rings. The minimum Gasteiger partial charge on any atom is -0.373 e. The summed E-state index contributed by atoms with van der Waals surface area (Å²) >= 11 is 7.57. The first-order valence-corrected chi connectivity index (χ1v) is 8.25. The highest BCUT2D eigenvalue weighted by Gasteiger charge is 2.12. The molecule has 0 aliphatic rings. The van der Waals surface area contributed by atoms with Crippen molar-refractivity contribution in [3.63, 3.8) is 0 Å². The van der Waals surface area contributed by atoms with Crippen molar-refractivity contribution in [3.8, 4) is 0 Å². The third kappa shape index (κ3) is 4.08. The molecule has 0 atom stereocenters. The molecule has 2 N–H and O–H groups in total. The van der Waals surface area contributed by atoms with Gasteiger partial charge in [0.2, 0.25) is 0 Å². The first kappa shape index (κ1) is 16.0. The molecule has 0 aromatic carbocycles. The number of hydrogen-bond donors (Lipinski definition) is 2. The van der Waals surface area contributed by atoms with E-state index in [1.165, 1.54) is 4.88 Å². The lowest BCUT2D eigenvalue weighted by molar-refractivity contribution is 0.773. The van der Waals surface area contributed by atoms with E-state index < -0.39 is 0 Å². The van der Waals surface area contributed by atoms with Gasteiger partial charge in [-0.2, -0.15) is 0 Å². The molecule has 0 saturated heterocycles. The maximum absolute atomic E-state index is 5.95. The van der Waals surface area contributed by atoms with Crippen LogP contribution in [0.1, 0.15) is 36.0 Å². The highest BCUT2D eigenvalue weighted by atomic mass is 35.5. The van der Waals surface area contributed by atoms with Crippen molar-refractivity contribution in [3.05, 3.63) is 32.7 Å². The molecule has 2 heterocycles. The number of nitrogens with one attached hydrogen (secondary N) is 2. The Morgan fingerprint density at radius 2 is 1.95 bits per heavy atom. The van der Waals surface area contributed by atoms with E-state index in [9.17, 15) is 0 Å². The van der Waals surface area contributed by atoms with Crippen molar-refractivity contribution in [2.45, 2.75) is 33.1 Å². The van der Waals surface area contributed by atoms with Crippen molar-refractivity contribution in [2.75, 3.05) is 24.2 Å². The fraction of sp³-hybridized carbons (Fsp3) is 0.467. The van der Waals surface area contributed by atoms with Crippen molar-refractivity contribution in [1.29, 1.82) is 0 Å². The average Bonchev–Trinajstić information content (AvgIpc) is 2.86. The van der Waals surface area contributed by atoms with Gasteiger partial charge in [-0.1, -0.05) is 25.4 Å². The van der Waals surface area contributed by atoms with E-state index >= 15 is 0 Å². The van der Waals surface area contributed by atoms with Gasteiger partial charge in [0.1, 0.15) is 17.5 Å². The zero-order chi connectivity index (χ0) is 15.4. The SMILES string of the molecule is CNc1nc(C(C)C)nc(NCCc2ccc(Cl)s2)c1C. The molecule has 0 unspecified atom stereocenters. The highest BCUT2D eigenvalue weighted by molar-refractivity contribution is 7.16. The van der Waals surface area contributed by atoms with Gasteiger partial charge in [-0.3, -0.25) is 0 Å². The number of halogens is 1.